The van der Waals surface area contributed by atoms with Gasteiger partial charge >= 0.3 is 0 Å². The van der Waals surface area contributed by atoms with Crippen LogP contribution in [-0.2, 0) is 0 Å². The molecule has 0 bridgehead atoms. The minimum absolute atomic E-state index is 0.281. The van der Waals surface area contributed by atoms with Crippen LogP contribution in [0.5, 0.6) is 0 Å². The zero-order valence-electron chi connectivity index (χ0n) is 6.52. The quantitative estimate of drug-likeness (QED) is 0.577. The summed E-state index contributed by atoms with van der Waals surface area (Å²) in [4.78, 5) is 0. The van der Waals surface area contributed by atoms with Crippen molar-refractivity contribution in [3.63, 3.8) is 0 Å². The highest BCUT2D eigenvalue weighted by atomic mass is 16.3. The fraction of sp³-hybridized carbons (Fsp3) is 0.750. The first kappa shape index (κ1) is 8.70. The number of aliphatic hydroxyl groups is 1. The molecular weight excluding hydrogens is 112 g/mol. The van der Waals surface area contributed by atoms with Crippen LogP contribution in [0.1, 0.15) is 33.6 Å². The summed E-state index contributed by atoms with van der Waals surface area (Å²) in [6, 6.07) is 0. The van der Waals surface area contributed by atoms with Crippen LogP contribution in [0, 0.1) is 0 Å². The summed E-state index contributed by atoms with van der Waals surface area (Å²) < 4.78 is 0. The van der Waals surface area contributed by atoms with Gasteiger partial charge in [0.05, 0.1) is 6.10 Å². The summed E-state index contributed by atoms with van der Waals surface area (Å²) in [7, 11) is 0. The van der Waals surface area contributed by atoms with Crippen molar-refractivity contribution >= 4 is 0 Å². The Kier molecular flexibility index (Phi) is 4.41. The first-order valence-corrected chi connectivity index (χ1v) is 3.52. The van der Waals surface area contributed by atoms with Gasteiger partial charge in [0.25, 0.3) is 0 Å². The first-order valence-electron chi connectivity index (χ1n) is 3.52. The highest BCUT2D eigenvalue weighted by Gasteiger charge is 1.90. The van der Waals surface area contributed by atoms with Crippen LogP contribution in [0.3, 0.4) is 0 Å². The minimum atomic E-state index is -0.281. The molecule has 0 saturated carbocycles. The maximum atomic E-state index is 8.87. The van der Waals surface area contributed by atoms with E-state index in [1.807, 2.05) is 6.08 Å². The van der Waals surface area contributed by atoms with Crippen molar-refractivity contribution in [3.05, 3.63) is 11.6 Å². The fourth-order valence-corrected chi connectivity index (χ4v) is 0.889. The van der Waals surface area contributed by atoms with Gasteiger partial charge in [-0.2, -0.15) is 0 Å². The van der Waals surface area contributed by atoms with Crippen molar-refractivity contribution in [2.24, 2.45) is 0 Å². The van der Waals surface area contributed by atoms with Crippen molar-refractivity contribution in [1.29, 1.82) is 0 Å². The predicted molar refractivity (Wildman–Crippen MR) is 40.3 cm³/mol. The molecule has 0 radical (unpaired) electrons. The monoisotopic (exact) mass is 128 g/mol. The van der Waals surface area contributed by atoms with Gasteiger partial charge in [-0.15, -0.1) is 0 Å². The summed E-state index contributed by atoms with van der Waals surface area (Å²) in [5.41, 5.74) is 1.28. The summed E-state index contributed by atoms with van der Waals surface area (Å²) >= 11 is 0. The zero-order chi connectivity index (χ0) is 7.28. The Balaban J connectivity index is 3.55. The summed E-state index contributed by atoms with van der Waals surface area (Å²) in [5, 5.41) is 8.87. The molecule has 9 heavy (non-hydrogen) atoms. The van der Waals surface area contributed by atoms with Crippen molar-refractivity contribution in [1.82, 2.24) is 0 Å². The number of rotatable bonds is 3. The van der Waals surface area contributed by atoms with Gasteiger partial charge in [0.1, 0.15) is 0 Å². The SMILES string of the molecule is CCCC(C)=CC(C)O. The van der Waals surface area contributed by atoms with E-state index in [0.717, 1.165) is 12.8 Å². The molecule has 0 rings (SSSR count). The van der Waals surface area contributed by atoms with Gasteiger partial charge in [0.15, 0.2) is 0 Å². The standard InChI is InChI=1S/C8H16O/c1-4-5-7(2)6-8(3)9/h6,8-9H,4-5H2,1-3H3. The lowest BCUT2D eigenvalue weighted by molar-refractivity contribution is 0.243. The summed E-state index contributed by atoms with van der Waals surface area (Å²) in [6.07, 6.45) is 3.88. The Morgan fingerprint density at radius 3 is 2.56 bits per heavy atom. The molecule has 0 aliphatic rings. The third-order valence-corrected chi connectivity index (χ3v) is 1.17. The van der Waals surface area contributed by atoms with E-state index >= 15 is 0 Å². The molecule has 54 valence electrons. The highest BCUT2D eigenvalue weighted by molar-refractivity contribution is 5.00. The minimum Gasteiger partial charge on any atom is -0.389 e. The predicted octanol–water partition coefficient (Wildman–Crippen LogP) is 2.11. The van der Waals surface area contributed by atoms with Gasteiger partial charge in [-0.3, -0.25) is 0 Å². The Hall–Kier alpha value is -0.300. The largest absolute Gasteiger partial charge is 0.389 e. The van der Waals surface area contributed by atoms with Crippen molar-refractivity contribution in [2.75, 3.05) is 0 Å². The van der Waals surface area contributed by atoms with Crippen LogP contribution < -0.4 is 0 Å². The average molecular weight is 128 g/mol. The van der Waals surface area contributed by atoms with E-state index < -0.39 is 0 Å². The van der Waals surface area contributed by atoms with Crippen LogP contribution in [-0.4, -0.2) is 11.2 Å². The molecule has 0 amide bonds. The third kappa shape index (κ3) is 5.57. The topological polar surface area (TPSA) is 20.2 Å². The lowest BCUT2D eigenvalue weighted by Gasteiger charge is -1.99. The van der Waals surface area contributed by atoms with E-state index in [4.69, 9.17) is 5.11 Å². The van der Waals surface area contributed by atoms with E-state index in [1.54, 1.807) is 6.92 Å². The van der Waals surface area contributed by atoms with E-state index in [9.17, 15) is 0 Å². The molecule has 1 atom stereocenters. The molecule has 0 aromatic carbocycles. The van der Waals surface area contributed by atoms with Gasteiger partial charge in [0, 0.05) is 0 Å². The summed E-state index contributed by atoms with van der Waals surface area (Å²) in [5.74, 6) is 0. The second kappa shape index (κ2) is 4.57. The van der Waals surface area contributed by atoms with Crippen LogP contribution in [0.4, 0.5) is 0 Å². The highest BCUT2D eigenvalue weighted by Crippen LogP contribution is 2.03. The molecule has 1 nitrogen and oxygen atoms in total. The normalized spacial score (nSPS) is 15.8. The van der Waals surface area contributed by atoms with E-state index in [1.165, 1.54) is 5.57 Å². The third-order valence-electron chi connectivity index (χ3n) is 1.17. The molecule has 1 N–H and O–H groups in total. The molecule has 0 aromatic heterocycles. The Morgan fingerprint density at radius 2 is 2.22 bits per heavy atom. The number of allylic oxidation sites excluding steroid dienone is 1. The summed E-state index contributed by atoms with van der Waals surface area (Å²) in [6.45, 7) is 5.97. The van der Waals surface area contributed by atoms with Crippen molar-refractivity contribution in [3.8, 4) is 0 Å². The van der Waals surface area contributed by atoms with Gasteiger partial charge in [-0.1, -0.05) is 25.0 Å². The van der Waals surface area contributed by atoms with Gasteiger partial charge in [-0.25, -0.2) is 0 Å². The van der Waals surface area contributed by atoms with Gasteiger partial charge in [-0.05, 0) is 20.3 Å². The molecule has 0 saturated heterocycles. The van der Waals surface area contributed by atoms with Crippen molar-refractivity contribution < 1.29 is 5.11 Å². The van der Waals surface area contributed by atoms with Crippen LogP contribution in [0.2, 0.25) is 0 Å². The molecule has 0 heterocycles. The van der Waals surface area contributed by atoms with E-state index in [-0.39, 0.29) is 6.10 Å². The second-order valence-electron chi connectivity index (χ2n) is 2.50. The molecular formula is C8H16O. The van der Waals surface area contributed by atoms with Crippen LogP contribution in [0.15, 0.2) is 11.6 Å². The molecule has 0 aromatic rings. The average Bonchev–Trinajstić information content (AvgIpc) is 1.63. The molecule has 0 fully saturated rings. The van der Waals surface area contributed by atoms with Crippen molar-refractivity contribution in [2.45, 2.75) is 39.7 Å². The first-order chi connectivity index (χ1) is 4.16. The zero-order valence-corrected chi connectivity index (χ0v) is 6.52. The molecule has 0 aliphatic carbocycles. The van der Waals surface area contributed by atoms with Gasteiger partial charge < -0.3 is 5.11 Å². The molecule has 1 unspecified atom stereocenters. The Labute approximate surface area is 57.4 Å². The van der Waals surface area contributed by atoms with Crippen LogP contribution >= 0.6 is 0 Å². The maximum absolute atomic E-state index is 8.87. The molecule has 0 aliphatic heterocycles. The lowest BCUT2D eigenvalue weighted by atomic mass is 10.1. The maximum Gasteiger partial charge on any atom is 0.0695 e. The van der Waals surface area contributed by atoms with Crippen LogP contribution in [0.25, 0.3) is 0 Å². The fourth-order valence-electron chi connectivity index (χ4n) is 0.889. The smallest absolute Gasteiger partial charge is 0.0695 e. The molecule has 1 heteroatoms. The van der Waals surface area contributed by atoms with E-state index in [2.05, 4.69) is 13.8 Å². The Morgan fingerprint density at radius 1 is 1.67 bits per heavy atom. The van der Waals surface area contributed by atoms with E-state index in [0.29, 0.717) is 0 Å². The number of hydrogen-bond acceptors (Lipinski definition) is 1. The second-order valence-corrected chi connectivity index (χ2v) is 2.50. The Bertz CT molecular complexity index is 92.7. The lowest BCUT2D eigenvalue weighted by Crippen LogP contribution is -1.94. The number of hydrogen-bond donors (Lipinski definition) is 1. The molecule has 0 spiro atoms. The van der Waals surface area contributed by atoms with Gasteiger partial charge in [0.2, 0.25) is 0 Å². The number of aliphatic hydroxyl groups excluding tert-OH is 1.